The summed E-state index contributed by atoms with van der Waals surface area (Å²) >= 11 is 6.28. The van der Waals surface area contributed by atoms with E-state index in [-0.39, 0.29) is 0 Å². The summed E-state index contributed by atoms with van der Waals surface area (Å²) in [7, 11) is 0. The summed E-state index contributed by atoms with van der Waals surface area (Å²) in [6, 6.07) is 1.81. The van der Waals surface area contributed by atoms with Gasteiger partial charge in [-0.05, 0) is 18.4 Å². The van der Waals surface area contributed by atoms with Crippen molar-refractivity contribution in [1.29, 1.82) is 0 Å². The monoisotopic (exact) mass is 268 g/mol. The molecular formula is C14H17ClO3. The third-order valence-corrected chi connectivity index (χ3v) is 3.40. The largest absolute Gasteiger partial charge is 0.489 e. The molecule has 0 saturated heterocycles. The summed E-state index contributed by atoms with van der Waals surface area (Å²) in [4.78, 5) is 10.5. The van der Waals surface area contributed by atoms with Crippen LogP contribution >= 0.6 is 11.6 Å². The topological polar surface area (TPSA) is 35.5 Å². The van der Waals surface area contributed by atoms with E-state index in [1.807, 2.05) is 6.07 Å². The minimum atomic E-state index is 0.479. The molecule has 0 fully saturated rings. The Morgan fingerprint density at radius 2 is 2.11 bits per heavy atom. The van der Waals surface area contributed by atoms with Crippen molar-refractivity contribution in [2.45, 2.75) is 32.6 Å². The number of carbonyl (C=O) groups is 1. The highest BCUT2D eigenvalue weighted by Gasteiger charge is 2.20. The molecule has 4 heteroatoms. The Labute approximate surface area is 112 Å². The van der Waals surface area contributed by atoms with Gasteiger partial charge in [-0.3, -0.25) is 0 Å². The maximum absolute atomic E-state index is 10.5. The zero-order chi connectivity index (χ0) is 13.0. The fraction of sp³-hybridized carbons (Fsp3) is 0.500. The lowest BCUT2D eigenvalue weighted by molar-refractivity contribution is -0.107. The summed E-state index contributed by atoms with van der Waals surface area (Å²) in [5.74, 6) is 1.53. The van der Waals surface area contributed by atoms with Crippen LogP contribution in [-0.2, 0) is 17.6 Å². The van der Waals surface area contributed by atoms with E-state index in [2.05, 4.69) is 6.92 Å². The molecule has 0 aromatic heterocycles. The number of carbonyl (C=O) groups excluding carboxylic acids is 1. The summed E-state index contributed by atoms with van der Waals surface area (Å²) in [6.45, 7) is 3.37. The van der Waals surface area contributed by atoms with Crippen LogP contribution in [0, 0.1) is 0 Å². The number of fused-ring (bicyclic) bond motifs is 1. The normalized spacial score (nSPS) is 14.1. The number of benzene rings is 1. The molecule has 0 saturated carbocycles. The van der Waals surface area contributed by atoms with Crippen molar-refractivity contribution in [1.82, 2.24) is 0 Å². The lowest BCUT2D eigenvalue weighted by Crippen LogP contribution is -2.02. The number of ether oxygens (including phenoxy) is 2. The molecule has 0 spiro atoms. The fourth-order valence-electron chi connectivity index (χ4n) is 2.23. The average Bonchev–Trinajstić information content (AvgIpc) is 2.60. The van der Waals surface area contributed by atoms with Crippen molar-refractivity contribution < 1.29 is 14.3 Å². The summed E-state index contributed by atoms with van der Waals surface area (Å²) < 4.78 is 11.4. The first-order valence-corrected chi connectivity index (χ1v) is 6.69. The maximum atomic E-state index is 10.5. The van der Waals surface area contributed by atoms with Crippen LogP contribution in [-0.4, -0.2) is 19.5 Å². The second kappa shape index (κ2) is 6.10. The van der Waals surface area contributed by atoms with Crippen molar-refractivity contribution >= 4 is 17.9 Å². The molecule has 1 aromatic carbocycles. The highest BCUT2D eigenvalue weighted by atomic mass is 35.5. The Bertz CT molecular complexity index is 443. The highest BCUT2D eigenvalue weighted by Crippen LogP contribution is 2.40. The van der Waals surface area contributed by atoms with Gasteiger partial charge in [-0.15, -0.1) is 0 Å². The van der Waals surface area contributed by atoms with Gasteiger partial charge < -0.3 is 14.3 Å². The van der Waals surface area contributed by atoms with Gasteiger partial charge in [0.1, 0.15) is 6.29 Å². The van der Waals surface area contributed by atoms with Gasteiger partial charge in [0.15, 0.2) is 11.5 Å². The predicted octanol–water partition coefficient (Wildman–Crippen LogP) is 3.20. The van der Waals surface area contributed by atoms with Gasteiger partial charge in [-0.2, -0.15) is 0 Å². The third-order valence-electron chi connectivity index (χ3n) is 3.07. The van der Waals surface area contributed by atoms with Crippen LogP contribution < -0.4 is 9.47 Å². The minimum absolute atomic E-state index is 0.479. The predicted molar refractivity (Wildman–Crippen MR) is 70.8 cm³/mol. The van der Waals surface area contributed by atoms with Crippen LogP contribution in [0.1, 0.15) is 30.9 Å². The lowest BCUT2D eigenvalue weighted by atomic mass is 9.99. The zero-order valence-electron chi connectivity index (χ0n) is 10.5. The molecule has 1 heterocycles. The van der Waals surface area contributed by atoms with Gasteiger partial charge >= 0.3 is 0 Å². The number of hydrogen-bond acceptors (Lipinski definition) is 3. The second-order valence-electron chi connectivity index (χ2n) is 4.25. The minimum Gasteiger partial charge on any atom is -0.489 e. The zero-order valence-corrected chi connectivity index (χ0v) is 11.3. The van der Waals surface area contributed by atoms with Gasteiger partial charge in [0.2, 0.25) is 0 Å². The standard InChI is InChI=1S/C14H17ClO3/c1-2-10-11(5-3-6-16)12(15)9-13-14(10)18-8-4-7-17-13/h6,9H,2-5,7-8H2,1H3. The molecule has 0 amide bonds. The number of rotatable bonds is 4. The van der Waals surface area contributed by atoms with Crippen molar-refractivity contribution in [3.63, 3.8) is 0 Å². The quantitative estimate of drug-likeness (QED) is 0.787. The molecule has 1 aromatic rings. The molecule has 3 nitrogen and oxygen atoms in total. The van der Waals surface area contributed by atoms with Crippen LogP contribution in [0.25, 0.3) is 0 Å². The van der Waals surface area contributed by atoms with Gasteiger partial charge in [0.25, 0.3) is 0 Å². The van der Waals surface area contributed by atoms with Crippen LogP contribution in [0.2, 0.25) is 5.02 Å². The van der Waals surface area contributed by atoms with Crippen LogP contribution in [0.3, 0.4) is 0 Å². The molecule has 0 bridgehead atoms. The molecule has 1 aliphatic heterocycles. The highest BCUT2D eigenvalue weighted by molar-refractivity contribution is 6.31. The molecule has 98 valence electrons. The van der Waals surface area contributed by atoms with E-state index in [1.54, 1.807) is 0 Å². The summed E-state index contributed by atoms with van der Waals surface area (Å²) in [5, 5.41) is 0.665. The molecule has 0 aliphatic carbocycles. The first kappa shape index (κ1) is 13.2. The first-order valence-electron chi connectivity index (χ1n) is 6.31. The van der Waals surface area contributed by atoms with Gasteiger partial charge in [-0.1, -0.05) is 18.5 Å². The Morgan fingerprint density at radius 3 is 2.83 bits per heavy atom. The van der Waals surface area contributed by atoms with E-state index in [1.165, 1.54) is 0 Å². The summed E-state index contributed by atoms with van der Waals surface area (Å²) in [5.41, 5.74) is 2.08. The van der Waals surface area contributed by atoms with E-state index >= 15 is 0 Å². The summed E-state index contributed by atoms with van der Waals surface area (Å²) in [6.07, 6.45) is 3.74. The Hall–Kier alpha value is -1.22. The average molecular weight is 269 g/mol. The molecule has 0 unspecified atom stereocenters. The van der Waals surface area contributed by atoms with Gasteiger partial charge in [0, 0.05) is 29.5 Å². The van der Waals surface area contributed by atoms with Crippen LogP contribution in [0.5, 0.6) is 11.5 Å². The molecule has 0 atom stereocenters. The Kier molecular flexibility index (Phi) is 4.48. The lowest BCUT2D eigenvalue weighted by Gasteiger charge is -2.17. The Balaban J connectivity index is 2.46. The van der Waals surface area contributed by atoms with Gasteiger partial charge in [0.05, 0.1) is 13.2 Å². The molecule has 1 aliphatic rings. The van der Waals surface area contributed by atoms with E-state index in [9.17, 15) is 4.79 Å². The van der Waals surface area contributed by atoms with Crippen molar-refractivity contribution in [2.24, 2.45) is 0 Å². The third kappa shape index (κ3) is 2.61. The molecule has 0 radical (unpaired) electrons. The fourth-order valence-corrected chi connectivity index (χ4v) is 2.53. The number of hydrogen-bond donors (Lipinski definition) is 0. The van der Waals surface area contributed by atoms with E-state index in [0.29, 0.717) is 31.1 Å². The SMILES string of the molecule is CCc1c(CCC=O)c(Cl)cc2c1OCCCO2. The molecule has 18 heavy (non-hydrogen) atoms. The van der Waals surface area contributed by atoms with Crippen molar-refractivity contribution in [2.75, 3.05) is 13.2 Å². The molecular weight excluding hydrogens is 252 g/mol. The molecule has 2 rings (SSSR count). The van der Waals surface area contributed by atoms with Crippen LogP contribution in [0.4, 0.5) is 0 Å². The van der Waals surface area contributed by atoms with Crippen molar-refractivity contribution in [3.8, 4) is 11.5 Å². The number of aldehydes is 1. The second-order valence-corrected chi connectivity index (χ2v) is 4.66. The molecule has 0 N–H and O–H groups in total. The van der Waals surface area contributed by atoms with E-state index in [0.717, 1.165) is 41.8 Å². The van der Waals surface area contributed by atoms with E-state index < -0.39 is 0 Å². The van der Waals surface area contributed by atoms with Crippen LogP contribution in [0.15, 0.2) is 6.07 Å². The first-order chi connectivity index (χ1) is 8.77. The smallest absolute Gasteiger partial charge is 0.164 e. The maximum Gasteiger partial charge on any atom is 0.164 e. The number of halogens is 1. The Morgan fingerprint density at radius 1 is 1.33 bits per heavy atom. The van der Waals surface area contributed by atoms with E-state index in [4.69, 9.17) is 21.1 Å². The van der Waals surface area contributed by atoms with Gasteiger partial charge in [-0.25, -0.2) is 0 Å². The van der Waals surface area contributed by atoms with Crippen molar-refractivity contribution in [3.05, 3.63) is 22.2 Å².